The number of nitrogens with one attached hydrogen (secondary N) is 2. The predicted molar refractivity (Wildman–Crippen MR) is 115 cm³/mol. The van der Waals surface area contributed by atoms with Crippen molar-refractivity contribution in [2.75, 3.05) is 6.26 Å². The van der Waals surface area contributed by atoms with Crippen LogP contribution in [0.15, 0.2) is 24.4 Å². The van der Waals surface area contributed by atoms with Gasteiger partial charge in [-0.1, -0.05) is 48.5 Å². The van der Waals surface area contributed by atoms with Crippen LogP contribution in [0.3, 0.4) is 0 Å². The van der Waals surface area contributed by atoms with Crippen LogP contribution in [0.1, 0.15) is 58.5 Å². The smallest absolute Gasteiger partial charge is 0.269 e. The topological polar surface area (TPSA) is 129 Å². The molecule has 0 radical (unpaired) electrons. The number of ketones is 1. The summed E-state index contributed by atoms with van der Waals surface area (Å²) >= 11 is 12.2. The molecule has 8 nitrogen and oxygen atoms in total. The normalized spacial score (nSPS) is 14.5. The average molecular weight is 476 g/mol. The molecule has 11 heteroatoms. The first-order chi connectivity index (χ1) is 14.1. The van der Waals surface area contributed by atoms with Crippen LogP contribution in [-0.2, 0) is 16.5 Å². The van der Waals surface area contributed by atoms with Crippen molar-refractivity contribution in [2.45, 2.75) is 44.6 Å². The predicted octanol–water partition coefficient (Wildman–Crippen LogP) is 3.71. The molecule has 3 N–H and O–H groups in total. The van der Waals surface area contributed by atoms with Crippen molar-refractivity contribution in [1.82, 2.24) is 15.5 Å². The summed E-state index contributed by atoms with van der Waals surface area (Å²) in [6.45, 7) is 0. The van der Waals surface area contributed by atoms with Crippen molar-refractivity contribution in [3.05, 3.63) is 51.3 Å². The standard InChI is InChI=1S/C18H19Cl2N3O2.CH4O3S/c19-13-7-4-8-14(20)16(13)15(24)9-11-10-21-23-17(11)18(25)22-12-5-2-1-3-6-12;1-5(2,3)4/h4,7-8,10,12H,1-3,5-6,9H2,(H,21,23)(H,22,25);1H3,(H,2,3,4). The fourth-order valence-corrected chi connectivity index (χ4v) is 3.78. The Labute approximate surface area is 185 Å². The van der Waals surface area contributed by atoms with E-state index in [1.165, 1.54) is 12.6 Å². The molecule has 3 rings (SSSR count). The number of amides is 1. The molecule has 1 fully saturated rings. The van der Waals surface area contributed by atoms with E-state index >= 15 is 0 Å². The van der Waals surface area contributed by atoms with Crippen LogP contribution >= 0.6 is 23.2 Å². The summed E-state index contributed by atoms with van der Waals surface area (Å²) < 4.78 is 25.9. The Morgan fingerprint density at radius 1 is 1.20 bits per heavy atom. The Hall–Kier alpha value is -1.94. The summed E-state index contributed by atoms with van der Waals surface area (Å²) in [4.78, 5) is 25.1. The Balaban J connectivity index is 0.000000575. The zero-order valence-corrected chi connectivity index (χ0v) is 18.6. The molecule has 2 aromatic rings. The second kappa shape index (κ2) is 10.9. The summed E-state index contributed by atoms with van der Waals surface area (Å²) in [5.74, 6) is -0.471. The van der Waals surface area contributed by atoms with E-state index in [0.29, 0.717) is 27.6 Å². The van der Waals surface area contributed by atoms with Crippen molar-refractivity contribution < 1.29 is 22.6 Å². The summed E-state index contributed by atoms with van der Waals surface area (Å²) in [6, 6.07) is 5.10. The Morgan fingerprint density at radius 3 is 2.33 bits per heavy atom. The molecule has 0 saturated heterocycles. The van der Waals surface area contributed by atoms with Gasteiger partial charge in [-0.05, 0) is 25.0 Å². The minimum Gasteiger partial charge on any atom is -0.348 e. The number of carbonyl (C=O) groups is 2. The van der Waals surface area contributed by atoms with Gasteiger partial charge in [0.15, 0.2) is 5.78 Å². The molecule has 0 unspecified atom stereocenters. The van der Waals surface area contributed by atoms with Crippen molar-refractivity contribution in [2.24, 2.45) is 0 Å². The van der Waals surface area contributed by atoms with Gasteiger partial charge in [0.25, 0.3) is 16.0 Å². The van der Waals surface area contributed by atoms with Crippen molar-refractivity contribution >= 4 is 45.0 Å². The third-order valence-corrected chi connectivity index (χ3v) is 5.11. The van der Waals surface area contributed by atoms with E-state index in [0.717, 1.165) is 25.7 Å². The number of halogens is 2. The minimum atomic E-state index is -3.67. The quantitative estimate of drug-likeness (QED) is 0.446. The number of aromatic nitrogens is 2. The van der Waals surface area contributed by atoms with Gasteiger partial charge in [-0.2, -0.15) is 13.5 Å². The van der Waals surface area contributed by atoms with Gasteiger partial charge < -0.3 is 5.32 Å². The Kier molecular flexibility index (Phi) is 8.84. The molecule has 1 aliphatic carbocycles. The highest BCUT2D eigenvalue weighted by atomic mass is 35.5. The highest BCUT2D eigenvalue weighted by Crippen LogP contribution is 2.26. The molecule has 0 atom stereocenters. The SMILES string of the molecule is CS(=O)(=O)O.O=C(NC1CCCCC1)c1[nH]ncc1CC(=O)c1c(Cl)cccc1Cl. The molecule has 0 spiro atoms. The van der Waals surface area contributed by atoms with Crippen LogP contribution in [0.5, 0.6) is 0 Å². The van der Waals surface area contributed by atoms with Crippen LogP contribution in [0, 0.1) is 0 Å². The molecule has 0 aliphatic heterocycles. The molecular weight excluding hydrogens is 453 g/mol. The molecule has 164 valence electrons. The van der Waals surface area contributed by atoms with E-state index in [-0.39, 0.29) is 29.7 Å². The zero-order chi connectivity index (χ0) is 22.3. The van der Waals surface area contributed by atoms with E-state index in [9.17, 15) is 18.0 Å². The zero-order valence-electron chi connectivity index (χ0n) is 16.3. The average Bonchev–Trinajstić information content (AvgIpc) is 3.09. The first kappa shape index (κ1) is 24.3. The van der Waals surface area contributed by atoms with Crippen LogP contribution in [0.4, 0.5) is 0 Å². The fraction of sp³-hybridized carbons (Fsp3) is 0.421. The molecule has 30 heavy (non-hydrogen) atoms. The highest BCUT2D eigenvalue weighted by Gasteiger charge is 2.22. The lowest BCUT2D eigenvalue weighted by molar-refractivity contribution is 0.0921. The van der Waals surface area contributed by atoms with Crippen LogP contribution in [0.25, 0.3) is 0 Å². The van der Waals surface area contributed by atoms with Gasteiger partial charge in [-0.3, -0.25) is 19.2 Å². The lowest BCUT2D eigenvalue weighted by Gasteiger charge is -2.22. The van der Waals surface area contributed by atoms with E-state index in [1.54, 1.807) is 18.2 Å². The number of aromatic amines is 1. The molecule has 1 saturated carbocycles. The number of rotatable bonds is 5. The molecule has 1 aromatic carbocycles. The number of carbonyl (C=O) groups excluding carboxylic acids is 2. The molecular formula is C19H23Cl2N3O5S. The maximum absolute atomic E-state index is 12.6. The lowest BCUT2D eigenvalue weighted by atomic mass is 9.95. The van der Waals surface area contributed by atoms with E-state index in [4.69, 9.17) is 27.8 Å². The number of hydrogen-bond acceptors (Lipinski definition) is 5. The van der Waals surface area contributed by atoms with Crippen LogP contribution < -0.4 is 5.32 Å². The minimum absolute atomic E-state index is 0.00731. The van der Waals surface area contributed by atoms with Gasteiger partial charge in [0, 0.05) is 18.0 Å². The first-order valence-electron chi connectivity index (χ1n) is 9.29. The van der Waals surface area contributed by atoms with Crippen molar-refractivity contribution in [3.8, 4) is 0 Å². The third-order valence-electron chi connectivity index (χ3n) is 4.48. The van der Waals surface area contributed by atoms with E-state index in [1.807, 2.05) is 0 Å². The van der Waals surface area contributed by atoms with Gasteiger partial charge in [-0.25, -0.2) is 0 Å². The van der Waals surface area contributed by atoms with Gasteiger partial charge in [0.1, 0.15) is 5.69 Å². The fourth-order valence-electron chi connectivity index (χ4n) is 3.17. The molecule has 1 heterocycles. The van der Waals surface area contributed by atoms with Crippen molar-refractivity contribution in [1.29, 1.82) is 0 Å². The number of H-pyrrole nitrogens is 1. The first-order valence-corrected chi connectivity index (χ1v) is 11.9. The van der Waals surface area contributed by atoms with Gasteiger partial charge in [-0.15, -0.1) is 0 Å². The third kappa shape index (κ3) is 7.71. The monoisotopic (exact) mass is 475 g/mol. The number of benzene rings is 1. The number of nitrogens with zero attached hydrogens (tertiary/aromatic N) is 1. The Bertz CT molecular complexity index is 973. The summed E-state index contributed by atoms with van der Waals surface area (Å²) in [5, 5.41) is 10.2. The van der Waals surface area contributed by atoms with Crippen molar-refractivity contribution in [3.63, 3.8) is 0 Å². The second-order valence-electron chi connectivity index (χ2n) is 7.01. The second-order valence-corrected chi connectivity index (χ2v) is 9.29. The number of Topliss-reactive ketones (excluding diaryl/α,β-unsaturated/α-hetero) is 1. The molecule has 0 bridgehead atoms. The highest BCUT2D eigenvalue weighted by molar-refractivity contribution is 7.85. The largest absolute Gasteiger partial charge is 0.348 e. The molecule has 1 amide bonds. The van der Waals surface area contributed by atoms with Crippen LogP contribution in [0.2, 0.25) is 10.0 Å². The summed E-state index contributed by atoms with van der Waals surface area (Å²) in [6.07, 6.45) is 7.68. The molecule has 1 aliphatic rings. The maximum atomic E-state index is 12.6. The lowest BCUT2D eigenvalue weighted by Crippen LogP contribution is -2.36. The van der Waals surface area contributed by atoms with Gasteiger partial charge in [0.2, 0.25) is 0 Å². The molecule has 1 aromatic heterocycles. The summed E-state index contributed by atoms with van der Waals surface area (Å²) in [7, 11) is -3.67. The van der Waals surface area contributed by atoms with E-state index < -0.39 is 10.1 Å². The van der Waals surface area contributed by atoms with Crippen LogP contribution in [-0.4, -0.2) is 47.2 Å². The van der Waals surface area contributed by atoms with Gasteiger partial charge >= 0.3 is 0 Å². The van der Waals surface area contributed by atoms with E-state index in [2.05, 4.69) is 15.5 Å². The maximum Gasteiger partial charge on any atom is 0.269 e. The Morgan fingerprint density at radius 2 is 1.77 bits per heavy atom. The summed E-state index contributed by atoms with van der Waals surface area (Å²) in [5.41, 5.74) is 1.13. The van der Waals surface area contributed by atoms with Gasteiger partial charge in [0.05, 0.1) is 28.1 Å². The number of hydrogen-bond donors (Lipinski definition) is 3.